The van der Waals surface area contributed by atoms with E-state index in [2.05, 4.69) is 6.92 Å². The zero-order valence-electron chi connectivity index (χ0n) is 12.6. The third kappa shape index (κ3) is 4.21. The van der Waals surface area contributed by atoms with E-state index in [4.69, 9.17) is 11.6 Å². The fourth-order valence-corrected chi connectivity index (χ4v) is 4.41. The van der Waals surface area contributed by atoms with Gasteiger partial charge in [0.15, 0.2) is 0 Å². The van der Waals surface area contributed by atoms with E-state index in [1.54, 1.807) is 16.4 Å². The van der Waals surface area contributed by atoms with Crippen molar-refractivity contribution in [2.45, 2.75) is 43.9 Å². The molecule has 2 rings (SSSR count). The van der Waals surface area contributed by atoms with Gasteiger partial charge in [-0.3, -0.25) is 0 Å². The molecule has 1 saturated heterocycles. The number of rotatable bonds is 6. The molecule has 21 heavy (non-hydrogen) atoms. The first kappa shape index (κ1) is 16.8. The summed E-state index contributed by atoms with van der Waals surface area (Å²) in [5.41, 5.74) is 1.14. The van der Waals surface area contributed by atoms with E-state index in [-0.39, 0.29) is 0 Å². The van der Waals surface area contributed by atoms with E-state index in [1.165, 1.54) is 0 Å². The molecule has 5 heteroatoms. The average Bonchev–Trinajstić information content (AvgIpc) is 2.53. The molecular formula is C16H24ClNO2S. The van der Waals surface area contributed by atoms with Crippen molar-refractivity contribution in [1.82, 2.24) is 4.31 Å². The highest BCUT2D eigenvalue weighted by Crippen LogP contribution is 2.25. The third-order valence-electron chi connectivity index (χ3n) is 4.31. The van der Waals surface area contributed by atoms with Gasteiger partial charge in [0.05, 0.1) is 4.90 Å². The summed E-state index contributed by atoms with van der Waals surface area (Å²) in [6.45, 7) is 3.47. The topological polar surface area (TPSA) is 37.4 Å². The van der Waals surface area contributed by atoms with Gasteiger partial charge in [-0.25, -0.2) is 8.42 Å². The van der Waals surface area contributed by atoms with Gasteiger partial charge in [-0.15, -0.1) is 11.6 Å². The number of aryl methyl sites for hydroxylation is 1. The first-order chi connectivity index (χ1) is 10.1. The fourth-order valence-electron chi connectivity index (χ4n) is 2.81. The van der Waals surface area contributed by atoms with Crippen molar-refractivity contribution in [1.29, 1.82) is 0 Å². The van der Waals surface area contributed by atoms with Crippen molar-refractivity contribution in [3.63, 3.8) is 0 Å². The Morgan fingerprint density at radius 2 is 1.81 bits per heavy atom. The molecule has 0 bridgehead atoms. The second-order valence-electron chi connectivity index (χ2n) is 5.69. The number of benzene rings is 1. The minimum atomic E-state index is -3.32. The predicted molar refractivity (Wildman–Crippen MR) is 87.3 cm³/mol. The predicted octanol–water partition coefficient (Wildman–Crippen LogP) is 3.67. The lowest BCUT2D eigenvalue weighted by Gasteiger charge is -2.30. The van der Waals surface area contributed by atoms with E-state index in [9.17, 15) is 8.42 Å². The van der Waals surface area contributed by atoms with Crippen molar-refractivity contribution in [3.8, 4) is 0 Å². The van der Waals surface area contributed by atoms with Gasteiger partial charge in [0, 0.05) is 19.0 Å². The van der Waals surface area contributed by atoms with Crippen molar-refractivity contribution in [2.24, 2.45) is 5.92 Å². The van der Waals surface area contributed by atoms with Gasteiger partial charge in [0.25, 0.3) is 0 Å². The molecule has 0 amide bonds. The minimum Gasteiger partial charge on any atom is -0.207 e. The van der Waals surface area contributed by atoms with E-state index in [1.807, 2.05) is 12.1 Å². The molecule has 0 saturated carbocycles. The Balaban J connectivity index is 2.05. The molecule has 3 nitrogen and oxygen atoms in total. The first-order valence-corrected chi connectivity index (χ1v) is 9.70. The van der Waals surface area contributed by atoms with Crippen LogP contribution < -0.4 is 0 Å². The Hall–Kier alpha value is -0.580. The SMILES string of the molecule is CCC1CCN(S(=O)(=O)c2ccc(CCCCl)cc2)CC1. The summed E-state index contributed by atoms with van der Waals surface area (Å²) in [5.74, 6) is 1.31. The van der Waals surface area contributed by atoms with Crippen molar-refractivity contribution < 1.29 is 8.42 Å². The molecular weight excluding hydrogens is 306 g/mol. The van der Waals surface area contributed by atoms with E-state index in [0.29, 0.717) is 29.8 Å². The van der Waals surface area contributed by atoms with Gasteiger partial charge in [-0.2, -0.15) is 4.31 Å². The lowest BCUT2D eigenvalue weighted by molar-refractivity contribution is 0.269. The number of piperidine rings is 1. The van der Waals surface area contributed by atoms with Gasteiger partial charge in [0.1, 0.15) is 0 Å². The summed E-state index contributed by atoms with van der Waals surface area (Å²) < 4.78 is 26.9. The molecule has 1 aliphatic rings. The Kier molecular flexibility index (Phi) is 6.08. The molecule has 0 radical (unpaired) electrons. The monoisotopic (exact) mass is 329 g/mol. The van der Waals surface area contributed by atoms with Crippen LogP contribution in [0, 0.1) is 5.92 Å². The van der Waals surface area contributed by atoms with Crippen LogP contribution in [0.2, 0.25) is 0 Å². The molecule has 0 atom stereocenters. The van der Waals surface area contributed by atoms with Crippen LogP contribution in [0.5, 0.6) is 0 Å². The second kappa shape index (κ2) is 7.61. The van der Waals surface area contributed by atoms with Gasteiger partial charge >= 0.3 is 0 Å². The van der Waals surface area contributed by atoms with Crippen LogP contribution >= 0.6 is 11.6 Å². The van der Waals surface area contributed by atoms with Crippen LogP contribution in [-0.2, 0) is 16.4 Å². The minimum absolute atomic E-state index is 0.409. The molecule has 0 N–H and O–H groups in total. The summed E-state index contributed by atoms with van der Waals surface area (Å²) in [4.78, 5) is 0.409. The molecule has 0 unspecified atom stereocenters. The van der Waals surface area contributed by atoms with Crippen LogP contribution in [0.3, 0.4) is 0 Å². The average molecular weight is 330 g/mol. The van der Waals surface area contributed by atoms with Crippen LogP contribution in [0.25, 0.3) is 0 Å². The van der Waals surface area contributed by atoms with Gasteiger partial charge in [-0.05, 0) is 49.3 Å². The molecule has 1 heterocycles. The smallest absolute Gasteiger partial charge is 0.207 e. The standard InChI is InChI=1S/C16H24ClNO2S/c1-2-14-9-12-18(13-10-14)21(19,20)16-7-5-15(6-8-16)4-3-11-17/h5-8,14H,2-4,9-13H2,1H3. The third-order valence-corrected chi connectivity index (χ3v) is 6.49. The number of alkyl halides is 1. The van der Waals surface area contributed by atoms with E-state index in [0.717, 1.165) is 37.7 Å². The van der Waals surface area contributed by atoms with Gasteiger partial charge < -0.3 is 0 Å². The molecule has 1 fully saturated rings. The molecule has 118 valence electrons. The Labute approximate surface area is 133 Å². The highest BCUT2D eigenvalue weighted by molar-refractivity contribution is 7.89. The Morgan fingerprint density at radius 3 is 2.33 bits per heavy atom. The highest BCUT2D eigenvalue weighted by atomic mass is 35.5. The van der Waals surface area contributed by atoms with Crippen LogP contribution in [0.1, 0.15) is 38.2 Å². The molecule has 0 aromatic heterocycles. The quantitative estimate of drug-likeness (QED) is 0.747. The van der Waals surface area contributed by atoms with Crippen LogP contribution in [0.15, 0.2) is 29.2 Å². The van der Waals surface area contributed by atoms with Crippen molar-refractivity contribution >= 4 is 21.6 Å². The zero-order chi connectivity index (χ0) is 15.3. The van der Waals surface area contributed by atoms with Gasteiger partial charge in [0.2, 0.25) is 10.0 Å². The van der Waals surface area contributed by atoms with Gasteiger partial charge in [-0.1, -0.05) is 25.5 Å². The summed E-state index contributed by atoms with van der Waals surface area (Å²) in [5, 5.41) is 0. The largest absolute Gasteiger partial charge is 0.243 e. The fraction of sp³-hybridized carbons (Fsp3) is 0.625. The highest BCUT2D eigenvalue weighted by Gasteiger charge is 2.28. The molecule has 0 aliphatic carbocycles. The summed E-state index contributed by atoms with van der Waals surface area (Å²) in [6, 6.07) is 7.26. The molecule has 1 aromatic carbocycles. The number of halogens is 1. The lowest BCUT2D eigenvalue weighted by Crippen LogP contribution is -2.38. The summed E-state index contributed by atoms with van der Waals surface area (Å²) in [7, 11) is -3.32. The summed E-state index contributed by atoms with van der Waals surface area (Å²) >= 11 is 5.68. The molecule has 1 aliphatic heterocycles. The number of hydrogen-bond acceptors (Lipinski definition) is 2. The normalized spacial score (nSPS) is 18.0. The maximum atomic E-state index is 12.6. The van der Waals surface area contributed by atoms with Crippen molar-refractivity contribution in [3.05, 3.63) is 29.8 Å². The number of hydrogen-bond donors (Lipinski definition) is 0. The molecule has 1 aromatic rings. The van der Waals surface area contributed by atoms with Crippen molar-refractivity contribution in [2.75, 3.05) is 19.0 Å². The first-order valence-electron chi connectivity index (χ1n) is 7.73. The maximum Gasteiger partial charge on any atom is 0.243 e. The Morgan fingerprint density at radius 1 is 1.19 bits per heavy atom. The molecule has 0 spiro atoms. The zero-order valence-corrected chi connectivity index (χ0v) is 14.2. The Bertz CT molecular complexity index is 534. The summed E-state index contributed by atoms with van der Waals surface area (Å²) in [6.07, 6.45) is 4.90. The maximum absolute atomic E-state index is 12.6. The van der Waals surface area contributed by atoms with E-state index >= 15 is 0 Å². The van der Waals surface area contributed by atoms with E-state index < -0.39 is 10.0 Å². The number of sulfonamides is 1. The second-order valence-corrected chi connectivity index (χ2v) is 8.01. The van der Waals surface area contributed by atoms with Crippen LogP contribution in [0.4, 0.5) is 0 Å². The number of nitrogens with zero attached hydrogens (tertiary/aromatic N) is 1. The lowest BCUT2D eigenvalue weighted by atomic mass is 9.96. The van der Waals surface area contributed by atoms with Crippen LogP contribution in [-0.4, -0.2) is 31.7 Å².